The third kappa shape index (κ3) is 5.89. The van der Waals surface area contributed by atoms with E-state index in [9.17, 15) is 26.8 Å². The number of benzene rings is 3. The molecule has 3 aromatic carbocycles. The largest absolute Gasteiger partial charge is 0.452 e. The van der Waals surface area contributed by atoms with Gasteiger partial charge in [-0.05, 0) is 48.5 Å². The highest BCUT2D eigenvalue weighted by Gasteiger charge is 2.21. The topological polar surface area (TPSA) is 102 Å². The summed E-state index contributed by atoms with van der Waals surface area (Å²) in [6.07, 6.45) is 0. The van der Waals surface area contributed by atoms with Gasteiger partial charge in [-0.3, -0.25) is 9.52 Å². The first kappa shape index (κ1) is 23.4. The summed E-state index contributed by atoms with van der Waals surface area (Å²) >= 11 is 3.27. The van der Waals surface area contributed by atoms with E-state index in [-0.39, 0.29) is 11.3 Å². The Hall–Kier alpha value is -3.31. The van der Waals surface area contributed by atoms with E-state index in [1.54, 1.807) is 24.3 Å². The molecule has 0 fully saturated rings. The van der Waals surface area contributed by atoms with Crippen molar-refractivity contribution in [3.63, 3.8) is 0 Å². The van der Waals surface area contributed by atoms with Crippen LogP contribution in [-0.4, -0.2) is 26.9 Å². The molecule has 7 nitrogen and oxygen atoms in total. The van der Waals surface area contributed by atoms with E-state index in [2.05, 4.69) is 26.0 Å². The normalized spacial score (nSPS) is 11.0. The average Bonchev–Trinajstić information content (AvgIpc) is 2.74. The van der Waals surface area contributed by atoms with Gasteiger partial charge in [0.2, 0.25) is 0 Å². The van der Waals surface area contributed by atoms with Gasteiger partial charge in [0.25, 0.3) is 15.9 Å². The van der Waals surface area contributed by atoms with Gasteiger partial charge in [-0.2, -0.15) is 0 Å². The monoisotopic (exact) mass is 524 g/mol. The molecule has 3 rings (SSSR count). The molecule has 0 aromatic heterocycles. The van der Waals surface area contributed by atoms with Crippen molar-refractivity contribution in [2.24, 2.45) is 0 Å². The number of ether oxygens (including phenoxy) is 1. The molecule has 0 aliphatic carbocycles. The van der Waals surface area contributed by atoms with Gasteiger partial charge in [-0.1, -0.05) is 34.1 Å². The van der Waals surface area contributed by atoms with Crippen LogP contribution in [-0.2, 0) is 19.6 Å². The van der Waals surface area contributed by atoms with Crippen LogP contribution in [0.1, 0.15) is 10.4 Å². The van der Waals surface area contributed by atoms with E-state index in [4.69, 9.17) is 4.74 Å². The van der Waals surface area contributed by atoms with Gasteiger partial charge >= 0.3 is 5.97 Å². The van der Waals surface area contributed by atoms with Gasteiger partial charge in [0.15, 0.2) is 18.2 Å². The number of sulfonamides is 1. The first-order valence-corrected chi connectivity index (χ1v) is 11.2. The number of hydrogen-bond donors (Lipinski definition) is 2. The molecule has 0 heterocycles. The number of hydrogen-bond acceptors (Lipinski definition) is 5. The Kier molecular flexibility index (Phi) is 7.21. The van der Waals surface area contributed by atoms with Crippen molar-refractivity contribution >= 4 is 49.2 Å². The Labute approximate surface area is 190 Å². The highest BCUT2D eigenvalue weighted by molar-refractivity contribution is 9.10. The smallest absolute Gasteiger partial charge is 0.340 e. The third-order valence-corrected chi connectivity index (χ3v) is 5.89. The van der Waals surface area contributed by atoms with Gasteiger partial charge < -0.3 is 10.1 Å². The molecule has 166 valence electrons. The molecule has 0 bridgehead atoms. The second kappa shape index (κ2) is 9.88. The second-order valence-electron chi connectivity index (χ2n) is 6.36. The van der Waals surface area contributed by atoms with Crippen LogP contribution in [0.5, 0.6) is 0 Å². The molecule has 0 unspecified atom stereocenters. The molecule has 0 atom stereocenters. The highest BCUT2D eigenvalue weighted by Crippen LogP contribution is 2.22. The summed E-state index contributed by atoms with van der Waals surface area (Å²) in [6, 6.07) is 14.4. The number of para-hydroxylation sites is 1. The van der Waals surface area contributed by atoms with E-state index < -0.39 is 45.0 Å². The maximum absolute atomic E-state index is 13.4. The lowest BCUT2D eigenvalue weighted by molar-refractivity contribution is -0.119. The molecule has 0 radical (unpaired) electrons. The van der Waals surface area contributed by atoms with E-state index in [1.807, 2.05) is 0 Å². The van der Waals surface area contributed by atoms with Gasteiger partial charge in [-0.25, -0.2) is 22.0 Å². The fourth-order valence-electron chi connectivity index (χ4n) is 2.57. The minimum absolute atomic E-state index is 0.158. The van der Waals surface area contributed by atoms with E-state index in [0.29, 0.717) is 17.8 Å². The Morgan fingerprint density at radius 2 is 1.69 bits per heavy atom. The lowest BCUT2D eigenvalue weighted by Gasteiger charge is -2.12. The molecular weight excluding hydrogens is 510 g/mol. The van der Waals surface area contributed by atoms with E-state index in [1.165, 1.54) is 24.3 Å². The molecule has 2 N–H and O–H groups in total. The van der Waals surface area contributed by atoms with Crippen LogP contribution < -0.4 is 10.0 Å². The average molecular weight is 525 g/mol. The summed E-state index contributed by atoms with van der Waals surface area (Å²) < 4.78 is 59.4. The van der Waals surface area contributed by atoms with Crippen LogP contribution in [0.4, 0.5) is 20.2 Å². The number of carbonyl (C=O) groups excluding carboxylic acids is 2. The number of amides is 1. The lowest BCUT2D eigenvalue weighted by Crippen LogP contribution is -2.22. The fourth-order valence-corrected chi connectivity index (χ4v) is 4.06. The number of carbonyl (C=O) groups is 2. The first-order valence-electron chi connectivity index (χ1n) is 8.95. The van der Waals surface area contributed by atoms with E-state index in [0.717, 1.165) is 10.5 Å². The lowest BCUT2D eigenvalue weighted by atomic mass is 10.2. The zero-order valence-electron chi connectivity index (χ0n) is 16.1. The minimum Gasteiger partial charge on any atom is -0.452 e. The van der Waals surface area contributed by atoms with Crippen molar-refractivity contribution in [3.05, 3.63) is 88.4 Å². The minimum atomic E-state index is -4.33. The van der Waals surface area contributed by atoms with Gasteiger partial charge in [0.05, 0.1) is 16.1 Å². The molecule has 1 amide bonds. The van der Waals surface area contributed by atoms with Crippen molar-refractivity contribution in [1.29, 1.82) is 0 Å². The molecule has 0 aliphatic heterocycles. The summed E-state index contributed by atoms with van der Waals surface area (Å²) in [6.45, 7) is -0.615. The quantitative estimate of drug-likeness (QED) is 0.448. The third-order valence-electron chi connectivity index (χ3n) is 4.04. The molecule has 3 aromatic rings. The molecule has 0 aliphatic rings. The van der Waals surface area contributed by atoms with Crippen molar-refractivity contribution < 1.29 is 31.5 Å². The van der Waals surface area contributed by atoms with Crippen LogP contribution in [0.15, 0.2) is 76.1 Å². The molecule has 11 heteroatoms. The van der Waals surface area contributed by atoms with Crippen molar-refractivity contribution in [3.8, 4) is 0 Å². The molecule has 0 saturated heterocycles. The predicted octanol–water partition coefficient (Wildman–Crippen LogP) is 4.32. The van der Waals surface area contributed by atoms with Gasteiger partial charge in [-0.15, -0.1) is 0 Å². The van der Waals surface area contributed by atoms with Gasteiger partial charge in [0, 0.05) is 10.2 Å². The maximum atomic E-state index is 13.4. The standard InChI is InChI=1S/C21H15BrF2N2O5S/c22-13-4-3-5-14(10-13)25-20(27)12-31-21(28)16-6-1-2-7-19(16)26-32(29,30)15-8-9-17(23)18(24)11-15/h1-11,26H,12H2,(H,25,27). The zero-order chi connectivity index (χ0) is 23.3. The predicted molar refractivity (Wildman–Crippen MR) is 117 cm³/mol. The van der Waals surface area contributed by atoms with Crippen LogP contribution in [0, 0.1) is 11.6 Å². The van der Waals surface area contributed by atoms with E-state index >= 15 is 0 Å². The van der Waals surface area contributed by atoms with Crippen LogP contribution >= 0.6 is 15.9 Å². The number of nitrogens with one attached hydrogen (secondary N) is 2. The Balaban J connectivity index is 1.70. The summed E-state index contributed by atoms with van der Waals surface area (Å²) in [7, 11) is -4.33. The van der Waals surface area contributed by atoms with Crippen molar-refractivity contribution in [1.82, 2.24) is 0 Å². The Morgan fingerprint density at radius 1 is 0.938 bits per heavy atom. The summed E-state index contributed by atoms with van der Waals surface area (Å²) in [5.41, 5.74) is 0.156. The fraction of sp³-hybridized carbons (Fsp3) is 0.0476. The molecular formula is C21H15BrF2N2O5S. The summed E-state index contributed by atoms with van der Waals surface area (Å²) in [5, 5.41) is 2.55. The maximum Gasteiger partial charge on any atom is 0.340 e. The Bertz CT molecular complexity index is 1280. The van der Waals surface area contributed by atoms with Crippen LogP contribution in [0.25, 0.3) is 0 Å². The zero-order valence-corrected chi connectivity index (χ0v) is 18.5. The SMILES string of the molecule is O=C(COC(=O)c1ccccc1NS(=O)(=O)c1ccc(F)c(F)c1)Nc1cccc(Br)c1. The number of halogens is 3. The molecule has 32 heavy (non-hydrogen) atoms. The molecule has 0 saturated carbocycles. The summed E-state index contributed by atoms with van der Waals surface area (Å²) in [4.78, 5) is 23.9. The van der Waals surface area contributed by atoms with Crippen molar-refractivity contribution in [2.75, 3.05) is 16.6 Å². The summed E-state index contributed by atoms with van der Waals surface area (Å²) in [5.74, 6) is -4.10. The number of rotatable bonds is 7. The van der Waals surface area contributed by atoms with Crippen LogP contribution in [0.2, 0.25) is 0 Å². The van der Waals surface area contributed by atoms with Gasteiger partial charge in [0.1, 0.15) is 0 Å². The highest BCUT2D eigenvalue weighted by atomic mass is 79.9. The number of esters is 1. The second-order valence-corrected chi connectivity index (χ2v) is 8.96. The van der Waals surface area contributed by atoms with Crippen molar-refractivity contribution in [2.45, 2.75) is 4.90 Å². The number of anilines is 2. The Morgan fingerprint density at radius 3 is 2.41 bits per heavy atom. The van der Waals surface area contributed by atoms with Crippen LogP contribution in [0.3, 0.4) is 0 Å². The molecule has 0 spiro atoms. The first-order chi connectivity index (χ1) is 15.2.